The number of hydrogen-bond acceptors (Lipinski definition) is 5. The van der Waals surface area contributed by atoms with Crippen LogP contribution in [0.5, 0.6) is 0 Å². The van der Waals surface area contributed by atoms with Crippen LogP contribution < -0.4 is 4.90 Å². The summed E-state index contributed by atoms with van der Waals surface area (Å²) in [5, 5.41) is 11.3. The molecule has 3 aromatic rings. The van der Waals surface area contributed by atoms with Crippen molar-refractivity contribution in [3.05, 3.63) is 30.3 Å². The Morgan fingerprint density at radius 3 is 2.74 bits per heavy atom. The zero-order valence-electron chi connectivity index (χ0n) is 12.9. The minimum atomic E-state index is -0.383. The number of rotatable bonds is 2. The Morgan fingerprint density at radius 1 is 1.26 bits per heavy atom. The molecule has 1 aliphatic heterocycles. The first-order valence-corrected chi connectivity index (χ1v) is 7.61. The molecule has 1 aliphatic rings. The summed E-state index contributed by atoms with van der Waals surface area (Å²) in [5.74, 6) is -0.383. The molecular weight excluding hydrogens is 299 g/mol. The third-order valence-electron chi connectivity index (χ3n) is 4.09. The molecule has 4 rings (SSSR count). The van der Waals surface area contributed by atoms with Crippen LogP contribution >= 0.6 is 0 Å². The van der Waals surface area contributed by atoms with E-state index in [1.807, 2.05) is 24.8 Å². The molecule has 0 saturated carbocycles. The molecule has 6 nitrogen and oxygen atoms in total. The van der Waals surface area contributed by atoms with E-state index in [9.17, 15) is 4.39 Å². The highest BCUT2D eigenvalue weighted by molar-refractivity contribution is 5.93. The number of ether oxygens (including phenoxy) is 1. The minimum Gasteiger partial charge on any atom is -0.372 e. The molecule has 3 heterocycles. The molecule has 2 atom stereocenters. The second kappa shape index (κ2) is 5.34. The summed E-state index contributed by atoms with van der Waals surface area (Å²) in [5.41, 5.74) is 2.05. The van der Waals surface area contributed by atoms with E-state index in [1.54, 1.807) is 18.5 Å². The average Bonchev–Trinajstić information content (AvgIpc) is 3.15. The maximum Gasteiger partial charge on any atom is 0.205 e. The summed E-state index contributed by atoms with van der Waals surface area (Å²) in [6.07, 6.45) is 3.46. The van der Waals surface area contributed by atoms with Gasteiger partial charge in [0.1, 0.15) is 5.69 Å². The van der Waals surface area contributed by atoms with E-state index in [1.165, 1.54) is 0 Å². The first-order valence-electron chi connectivity index (χ1n) is 7.61. The van der Waals surface area contributed by atoms with Crippen molar-refractivity contribution in [3.8, 4) is 11.3 Å². The number of nitrogens with zero attached hydrogens (tertiary/aromatic N) is 3. The van der Waals surface area contributed by atoms with Crippen molar-refractivity contribution in [3.63, 3.8) is 0 Å². The second-order valence-corrected chi connectivity index (χ2v) is 5.96. The quantitative estimate of drug-likeness (QED) is 0.787. The average molecular weight is 316 g/mol. The Morgan fingerprint density at radius 2 is 2.04 bits per heavy atom. The largest absolute Gasteiger partial charge is 0.372 e. The van der Waals surface area contributed by atoms with Crippen LogP contribution in [0.3, 0.4) is 0 Å². The lowest BCUT2D eigenvalue weighted by Crippen LogP contribution is -2.45. The predicted molar refractivity (Wildman–Crippen MR) is 83.8 cm³/mol. The van der Waals surface area contributed by atoms with E-state index in [0.29, 0.717) is 29.9 Å². The van der Waals surface area contributed by atoms with Gasteiger partial charge in [0, 0.05) is 24.8 Å². The fourth-order valence-corrected chi connectivity index (χ4v) is 3.17. The van der Waals surface area contributed by atoms with Gasteiger partial charge in [-0.2, -0.15) is 5.10 Å². The number of halogens is 1. The smallest absolute Gasteiger partial charge is 0.205 e. The van der Waals surface area contributed by atoms with Crippen LogP contribution in [0.4, 0.5) is 10.1 Å². The molecule has 0 unspecified atom stereocenters. The van der Waals surface area contributed by atoms with Gasteiger partial charge >= 0.3 is 0 Å². The number of aromatic amines is 1. The first-order chi connectivity index (χ1) is 11.1. The molecule has 1 aromatic carbocycles. The Labute approximate surface area is 132 Å². The predicted octanol–water partition coefficient (Wildman–Crippen LogP) is 2.97. The van der Waals surface area contributed by atoms with Crippen LogP contribution in [0.2, 0.25) is 0 Å². The Hall–Kier alpha value is -2.41. The number of benzene rings is 1. The summed E-state index contributed by atoms with van der Waals surface area (Å²) in [4.78, 5) is 1.99. The SMILES string of the molecule is C[C@@H]1CN(c2ccc3c(-c4cn[nH]c4)noc3c2F)C[C@H](C)O1. The normalized spacial score (nSPS) is 22.0. The van der Waals surface area contributed by atoms with Crippen molar-refractivity contribution in [2.24, 2.45) is 0 Å². The molecule has 7 heteroatoms. The van der Waals surface area contributed by atoms with E-state index in [2.05, 4.69) is 15.4 Å². The van der Waals surface area contributed by atoms with Crippen LogP contribution in [-0.2, 0) is 4.74 Å². The summed E-state index contributed by atoms with van der Waals surface area (Å²) in [7, 11) is 0. The maximum absolute atomic E-state index is 14.9. The van der Waals surface area contributed by atoms with Gasteiger partial charge in [-0.15, -0.1) is 0 Å². The van der Waals surface area contributed by atoms with Gasteiger partial charge < -0.3 is 14.2 Å². The first kappa shape index (κ1) is 14.2. The molecule has 0 radical (unpaired) electrons. The van der Waals surface area contributed by atoms with Crippen LogP contribution in [0, 0.1) is 5.82 Å². The van der Waals surface area contributed by atoms with E-state index in [-0.39, 0.29) is 23.6 Å². The van der Waals surface area contributed by atoms with Crippen molar-refractivity contribution in [2.45, 2.75) is 26.1 Å². The van der Waals surface area contributed by atoms with Crippen LogP contribution in [0.15, 0.2) is 29.0 Å². The molecule has 0 bridgehead atoms. The van der Waals surface area contributed by atoms with Crippen molar-refractivity contribution < 1.29 is 13.7 Å². The molecule has 120 valence electrons. The number of H-pyrrole nitrogens is 1. The van der Waals surface area contributed by atoms with Gasteiger partial charge in [0.25, 0.3) is 0 Å². The van der Waals surface area contributed by atoms with E-state index >= 15 is 0 Å². The fourth-order valence-electron chi connectivity index (χ4n) is 3.17. The van der Waals surface area contributed by atoms with Gasteiger partial charge in [0.2, 0.25) is 5.58 Å². The highest BCUT2D eigenvalue weighted by atomic mass is 19.1. The number of nitrogens with one attached hydrogen (secondary N) is 1. The molecule has 0 aliphatic carbocycles. The summed E-state index contributed by atoms with van der Waals surface area (Å²) >= 11 is 0. The number of morpholine rings is 1. The Bertz CT molecular complexity index is 820. The lowest BCUT2D eigenvalue weighted by Gasteiger charge is -2.36. The summed E-state index contributed by atoms with van der Waals surface area (Å²) < 4.78 is 25.9. The molecular formula is C16H17FN4O2. The topological polar surface area (TPSA) is 67.2 Å². The molecule has 0 amide bonds. The van der Waals surface area contributed by atoms with Gasteiger partial charge in [0.05, 0.1) is 29.5 Å². The lowest BCUT2D eigenvalue weighted by atomic mass is 10.1. The van der Waals surface area contributed by atoms with E-state index in [4.69, 9.17) is 9.26 Å². The van der Waals surface area contributed by atoms with Crippen molar-refractivity contribution >= 4 is 16.7 Å². The van der Waals surface area contributed by atoms with Gasteiger partial charge in [-0.3, -0.25) is 5.10 Å². The monoisotopic (exact) mass is 316 g/mol. The van der Waals surface area contributed by atoms with Crippen LogP contribution in [0.1, 0.15) is 13.8 Å². The maximum atomic E-state index is 14.9. The molecule has 23 heavy (non-hydrogen) atoms. The van der Waals surface area contributed by atoms with E-state index in [0.717, 1.165) is 5.56 Å². The summed E-state index contributed by atoms with van der Waals surface area (Å²) in [6, 6.07) is 3.63. The van der Waals surface area contributed by atoms with Gasteiger partial charge in [-0.05, 0) is 26.0 Å². The Kier molecular flexibility index (Phi) is 3.30. The zero-order valence-corrected chi connectivity index (χ0v) is 12.9. The third-order valence-corrected chi connectivity index (χ3v) is 4.09. The molecule has 1 N–H and O–H groups in total. The fraction of sp³-hybridized carbons (Fsp3) is 0.375. The highest BCUT2D eigenvalue weighted by Gasteiger charge is 2.26. The van der Waals surface area contributed by atoms with E-state index < -0.39 is 0 Å². The number of aromatic nitrogens is 3. The van der Waals surface area contributed by atoms with Crippen LogP contribution in [-0.4, -0.2) is 40.7 Å². The molecule has 1 saturated heterocycles. The van der Waals surface area contributed by atoms with Gasteiger partial charge in [0.15, 0.2) is 5.82 Å². The second-order valence-electron chi connectivity index (χ2n) is 5.96. The minimum absolute atomic E-state index is 0.0602. The summed E-state index contributed by atoms with van der Waals surface area (Å²) in [6.45, 7) is 5.28. The van der Waals surface area contributed by atoms with Crippen molar-refractivity contribution in [2.75, 3.05) is 18.0 Å². The Balaban J connectivity index is 1.77. The molecule has 0 spiro atoms. The zero-order chi connectivity index (χ0) is 16.0. The third kappa shape index (κ3) is 2.37. The standard InChI is InChI=1S/C16H17FN4O2/c1-9-7-21(8-10(2)22-9)13-4-3-12-15(11-5-18-19-6-11)20-23-16(12)14(13)17/h3-6,9-10H,7-8H2,1-2H3,(H,18,19)/t9-,10+. The van der Waals surface area contributed by atoms with Crippen molar-refractivity contribution in [1.82, 2.24) is 15.4 Å². The molecule has 1 fully saturated rings. The van der Waals surface area contributed by atoms with Crippen LogP contribution in [0.25, 0.3) is 22.2 Å². The van der Waals surface area contributed by atoms with Gasteiger partial charge in [-0.1, -0.05) is 5.16 Å². The van der Waals surface area contributed by atoms with Gasteiger partial charge in [-0.25, -0.2) is 4.39 Å². The lowest BCUT2D eigenvalue weighted by molar-refractivity contribution is -0.00538. The van der Waals surface area contributed by atoms with Crippen molar-refractivity contribution in [1.29, 1.82) is 0 Å². The number of hydrogen-bond donors (Lipinski definition) is 1. The number of anilines is 1. The highest BCUT2D eigenvalue weighted by Crippen LogP contribution is 2.34. The molecule has 2 aromatic heterocycles. The number of fused-ring (bicyclic) bond motifs is 1.